The third-order valence-electron chi connectivity index (χ3n) is 3.13. The van der Waals surface area contributed by atoms with E-state index in [4.69, 9.17) is 11.6 Å². The predicted molar refractivity (Wildman–Crippen MR) is 82.7 cm³/mol. The summed E-state index contributed by atoms with van der Waals surface area (Å²) in [6.45, 7) is 0. The number of hydrogen-bond donors (Lipinski definition) is 2. The molecule has 0 bridgehead atoms. The van der Waals surface area contributed by atoms with Crippen LogP contribution in [0.3, 0.4) is 0 Å². The van der Waals surface area contributed by atoms with Crippen LogP contribution < -0.4 is 5.32 Å². The summed E-state index contributed by atoms with van der Waals surface area (Å²) in [5.41, 5.74) is 1.45. The molecule has 0 aliphatic carbocycles. The molecule has 0 unspecified atom stereocenters. The second kappa shape index (κ2) is 7.56. The van der Waals surface area contributed by atoms with Crippen molar-refractivity contribution in [2.75, 3.05) is 0 Å². The molecule has 1 atom stereocenters. The van der Waals surface area contributed by atoms with Crippen molar-refractivity contribution >= 4 is 23.5 Å². The van der Waals surface area contributed by atoms with Crippen molar-refractivity contribution in [3.8, 4) is 0 Å². The zero-order chi connectivity index (χ0) is 15.9. The third kappa shape index (κ3) is 4.56. The van der Waals surface area contributed by atoms with Crippen molar-refractivity contribution < 1.29 is 14.7 Å². The highest BCUT2D eigenvalue weighted by Crippen LogP contribution is 2.16. The van der Waals surface area contributed by atoms with Gasteiger partial charge < -0.3 is 10.4 Å². The van der Waals surface area contributed by atoms with Crippen LogP contribution >= 0.6 is 11.6 Å². The van der Waals surface area contributed by atoms with Gasteiger partial charge in [0.1, 0.15) is 6.04 Å². The molecule has 5 nitrogen and oxygen atoms in total. The number of carbonyl (C=O) groups is 2. The number of halogens is 1. The normalized spacial score (nSPS) is 11.7. The van der Waals surface area contributed by atoms with E-state index in [2.05, 4.69) is 10.3 Å². The van der Waals surface area contributed by atoms with Crippen LogP contribution in [0.15, 0.2) is 48.8 Å². The zero-order valence-electron chi connectivity index (χ0n) is 11.7. The Balaban J connectivity index is 2.01. The first kappa shape index (κ1) is 16.0. The SMILES string of the molecule is O=C(Cc1ccncc1)N[C@@H](Cc1ccccc1Cl)C(=O)O. The number of rotatable bonds is 6. The molecule has 2 aromatic rings. The van der Waals surface area contributed by atoms with Gasteiger partial charge in [0.2, 0.25) is 5.91 Å². The Kier molecular flexibility index (Phi) is 5.49. The Hall–Kier alpha value is -2.40. The average Bonchev–Trinajstić information content (AvgIpc) is 2.49. The molecule has 0 saturated carbocycles. The summed E-state index contributed by atoms with van der Waals surface area (Å²) in [5, 5.41) is 12.3. The lowest BCUT2D eigenvalue weighted by Gasteiger charge is -2.15. The largest absolute Gasteiger partial charge is 0.480 e. The molecule has 1 heterocycles. The van der Waals surface area contributed by atoms with Gasteiger partial charge in [0.05, 0.1) is 6.42 Å². The number of nitrogens with zero attached hydrogens (tertiary/aromatic N) is 1. The van der Waals surface area contributed by atoms with E-state index >= 15 is 0 Å². The number of carboxylic acids is 1. The van der Waals surface area contributed by atoms with Gasteiger partial charge in [-0.25, -0.2) is 4.79 Å². The van der Waals surface area contributed by atoms with Crippen LogP contribution in [0.5, 0.6) is 0 Å². The van der Waals surface area contributed by atoms with Gasteiger partial charge in [0.15, 0.2) is 0 Å². The van der Waals surface area contributed by atoms with Gasteiger partial charge in [-0.2, -0.15) is 0 Å². The zero-order valence-corrected chi connectivity index (χ0v) is 12.5. The Morgan fingerprint density at radius 2 is 1.86 bits per heavy atom. The summed E-state index contributed by atoms with van der Waals surface area (Å²) in [4.78, 5) is 27.2. The van der Waals surface area contributed by atoms with Crippen molar-refractivity contribution in [3.63, 3.8) is 0 Å². The second-order valence-corrected chi connectivity index (χ2v) is 5.19. The van der Waals surface area contributed by atoms with E-state index in [-0.39, 0.29) is 18.7 Å². The molecule has 114 valence electrons. The molecule has 0 spiro atoms. The summed E-state index contributed by atoms with van der Waals surface area (Å²) in [5.74, 6) is -1.45. The van der Waals surface area contributed by atoms with Gasteiger partial charge in [-0.1, -0.05) is 29.8 Å². The maximum Gasteiger partial charge on any atom is 0.326 e. The third-order valence-corrected chi connectivity index (χ3v) is 3.50. The van der Waals surface area contributed by atoms with E-state index < -0.39 is 12.0 Å². The minimum absolute atomic E-state index is 0.106. The molecule has 0 fully saturated rings. The monoisotopic (exact) mass is 318 g/mol. The predicted octanol–water partition coefficient (Wildman–Crippen LogP) is 2.09. The minimum atomic E-state index is -1.09. The molecule has 1 aromatic heterocycles. The fourth-order valence-corrected chi connectivity index (χ4v) is 2.23. The minimum Gasteiger partial charge on any atom is -0.480 e. The van der Waals surface area contributed by atoms with Crippen LogP contribution in [0.4, 0.5) is 0 Å². The molecule has 0 radical (unpaired) electrons. The topological polar surface area (TPSA) is 79.3 Å². The average molecular weight is 319 g/mol. The number of hydrogen-bond acceptors (Lipinski definition) is 3. The summed E-state index contributed by atoms with van der Waals surface area (Å²) >= 11 is 6.03. The summed E-state index contributed by atoms with van der Waals surface area (Å²) < 4.78 is 0. The number of carbonyl (C=O) groups excluding carboxylic acids is 1. The number of nitrogens with one attached hydrogen (secondary N) is 1. The Morgan fingerprint density at radius 1 is 1.18 bits per heavy atom. The van der Waals surface area contributed by atoms with Gasteiger partial charge >= 0.3 is 5.97 Å². The van der Waals surface area contributed by atoms with Crippen LogP contribution in [0, 0.1) is 0 Å². The maximum absolute atomic E-state index is 12.0. The molecule has 1 amide bonds. The lowest BCUT2D eigenvalue weighted by Crippen LogP contribution is -2.43. The molecule has 0 aliphatic heterocycles. The van der Waals surface area contributed by atoms with Gasteiger partial charge in [-0.05, 0) is 29.3 Å². The standard InChI is InChI=1S/C16H15ClN2O3/c17-13-4-2-1-3-12(13)10-14(16(21)22)19-15(20)9-11-5-7-18-8-6-11/h1-8,14H,9-10H2,(H,19,20)(H,21,22)/t14-/m0/s1. The maximum atomic E-state index is 12.0. The van der Waals surface area contributed by atoms with E-state index in [0.717, 1.165) is 5.56 Å². The van der Waals surface area contributed by atoms with Gasteiger partial charge in [-0.15, -0.1) is 0 Å². The van der Waals surface area contributed by atoms with Crippen molar-refractivity contribution in [1.29, 1.82) is 0 Å². The van der Waals surface area contributed by atoms with E-state index in [9.17, 15) is 14.7 Å². The van der Waals surface area contributed by atoms with Crippen LogP contribution in [0.1, 0.15) is 11.1 Å². The Bertz CT molecular complexity index is 661. The molecule has 0 aliphatic rings. The highest BCUT2D eigenvalue weighted by molar-refractivity contribution is 6.31. The van der Waals surface area contributed by atoms with Gasteiger partial charge in [0.25, 0.3) is 0 Å². The molecule has 6 heteroatoms. The molecular weight excluding hydrogens is 304 g/mol. The van der Waals surface area contributed by atoms with E-state index in [1.54, 1.807) is 48.8 Å². The number of aromatic nitrogens is 1. The lowest BCUT2D eigenvalue weighted by atomic mass is 10.1. The van der Waals surface area contributed by atoms with Crippen molar-refractivity contribution in [2.45, 2.75) is 18.9 Å². The van der Waals surface area contributed by atoms with Gasteiger partial charge in [0, 0.05) is 23.8 Å². The molecule has 1 aromatic carbocycles. The molecule has 0 saturated heterocycles. The summed E-state index contributed by atoms with van der Waals surface area (Å²) in [6.07, 6.45) is 3.41. The molecule has 22 heavy (non-hydrogen) atoms. The van der Waals surface area contributed by atoms with Crippen LogP contribution in [0.2, 0.25) is 5.02 Å². The first-order valence-corrected chi connectivity index (χ1v) is 7.08. The smallest absolute Gasteiger partial charge is 0.326 e. The van der Waals surface area contributed by atoms with Crippen molar-refractivity contribution in [3.05, 3.63) is 64.9 Å². The second-order valence-electron chi connectivity index (χ2n) is 4.79. The number of aliphatic carboxylic acids is 1. The summed E-state index contributed by atoms with van der Waals surface area (Å²) in [7, 11) is 0. The van der Waals surface area contributed by atoms with Crippen LogP contribution in [0.25, 0.3) is 0 Å². The number of amides is 1. The van der Waals surface area contributed by atoms with E-state index in [1.807, 2.05) is 0 Å². The van der Waals surface area contributed by atoms with Crippen LogP contribution in [-0.2, 0) is 22.4 Å². The van der Waals surface area contributed by atoms with Gasteiger partial charge in [-0.3, -0.25) is 9.78 Å². The number of benzene rings is 1. The molecule has 2 N–H and O–H groups in total. The quantitative estimate of drug-likeness (QED) is 0.854. The first-order chi connectivity index (χ1) is 10.6. The fraction of sp³-hybridized carbons (Fsp3) is 0.188. The molecule has 2 rings (SSSR count). The van der Waals surface area contributed by atoms with E-state index in [1.165, 1.54) is 0 Å². The van der Waals surface area contributed by atoms with Crippen molar-refractivity contribution in [1.82, 2.24) is 10.3 Å². The fourth-order valence-electron chi connectivity index (χ4n) is 2.02. The highest BCUT2D eigenvalue weighted by atomic mass is 35.5. The highest BCUT2D eigenvalue weighted by Gasteiger charge is 2.21. The van der Waals surface area contributed by atoms with Crippen LogP contribution in [-0.4, -0.2) is 28.0 Å². The number of carboxylic acid groups (broad SMARTS) is 1. The lowest BCUT2D eigenvalue weighted by molar-refractivity contribution is -0.141. The Labute approximate surface area is 133 Å². The molecular formula is C16H15ClN2O3. The Morgan fingerprint density at radius 3 is 2.50 bits per heavy atom. The summed E-state index contributed by atoms with van der Waals surface area (Å²) in [6, 6.07) is 9.38. The first-order valence-electron chi connectivity index (χ1n) is 6.70. The van der Waals surface area contributed by atoms with E-state index in [0.29, 0.717) is 10.6 Å². The van der Waals surface area contributed by atoms with Crippen molar-refractivity contribution in [2.24, 2.45) is 0 Å². The number of pyridine rings is 1.